The van der Waals surface area contributed by atoms with E-state index in [0.717, 1.165) is 6.26 Å². The molecule has 1 amide bonds. The highest BCUT2D eigenvalue weighted by Crippen LogP contribution is 2.23. The van der Waals surface area contributed by atoms with Crippen molar-refractivity contribution in [2.75, 3.05) is 26.4 Å². The molecule has 0 unspecified atom stereocenters. The Kier molecular flexibility index (Phi) is 5.36. The minimum atomic E-state index is -3.66. The van der Waals surface area contributed by atoms with Gasteiger partial charge in [-0.3, -0.25) is 4.79 Å². The van der Waals surface area contributed by atoms with Crippen LogP contribution < -0.4 is 0 Å². The van der Waals surface area contributed by atoms with Gasteiger partial charge in [0.15, 0.2) is 9.84 Å². The standard InChI is InChI=1S/C15H22N2O5S2/c1-12(18)16(2)13-8-10-17(11-9-13)24(21,22)15-6-4-14(5-7-15)23(3,19)20/h4-7,13H,8-11H2,1-3H3. The number of amides is 1. The van der Waals surface area contributed by atoms with Gasteiger partial charge in [-0.05, 0) is 37.1 Å². The molecule has 1 aliphatic heterocycles. The summed E-state index contributed by atoms with van der Waals surface area (Å²) >= 11 is 0. The summed E-state index contributed by atoms with van der Waals surface area (Å²) in [6, 6.07) is 5.29. The Hall–Kier alpha value is -1.45. The normalized spacial score (nSPS) is 17.6. The average Bonchev–Trinajstić information content (AvgIpc) is 2.53. The molecule has 134 valence electrons. The van der Waals surface area contributed by atoms with Gasteiger partial charge in [0.25, 0.3) is 0 Å². The van der Waals surface area contributed by atoms with Crippen LogP contribution in [-0.4, -0.2) is 64.4 Å². The van der Waals surface area contributed by atoms with Gasteiger partial charge >= 0.3 is 0 Å². The number of rotatable bonds is 4. The van der Waals surface area contributed by atoms with Crippen LogP contribution in [0, 0.1) is 0 Å². The van der Waals surface area contributed by atoms with Crippen LogP contribution in [0.3, 0.4) is 0 Å². The average molecular weight is 374 g/mol. The topological polar surface area (TPSA) is 91.8 Å². The molecule has 0 radical (unpaired) electrons. The Morgan fingerprint density at radius 2 is 1.50 bits per heavy atom. The summed E-state index contributed by atoms with van der Waals surface area (Å²) in [7, 11) is -5.30. The van der Waals surface area contributed by atoms with E-state index in [1.165, 1.54) is 35.5 Å². The first-order valence-electron chi connectivity index (χ1n) is 7.57. The third-order valence-corrected chi connectivity index (χ3v) is 7.40. The second-order valence-corrected chi connectivity index (χ2v) is 9.96. The van der Waals surface area contributed by atoms with Gasteiger partial charge in [-0.25, -0.2) is 16.8 Å². The van der Waals surface area contributed by atoms with Crippen LogP contribution in [-0.2, 0) is 24.7 Å². The molecule has 0 spiro atoms. The quantitative estimate of drug-likeness (QED) is 0.774. The summed E-state index contributed by atoms with van der Waals surface area (Å²) in [5, 5.41) is 0. The predicted octanol–water partition coefficient (Wildman–Crippen LogP) is 0.722. The summed E-state index contributed by atoms with van der Waals surface area (Å²) < 4.78 is 49.6. The Labute approximate surface area is 143 Å². The first kappa shape index (κ1) is 18.9. The van der Waals surface area contributed by atoms with Crippen molar-refractivity contribution in [1.29, 1.82) is 0 Å². The minimum absolute atomic E-state index is 0.0346. The van der Waals surface area contributed by atoms with E-state index in [9.17, 15) is 21.6 Å². The predicted molar refractivity (Wildman–Crippen MR) is 89.8 cm³/mol. The number of hydrogen-bond donors (Lipinski definition) is 0. The molecule has 0 N–H and O–H groups in total. The highest BCUT2D eigenvalue weighted by Gasteiger charge is 2.31. The second kappa shape index (κ2) is 6.81. The highest BCUT2D eigenvalue weighted by molar-refractivity contribution is 7.90. The van der Waals surface area contributed by atoms with E-state index in [2.05, 4.69) is 0 Å². The van der Waals surface area contributed by atoms with Crippen molar-refractivity contribution >= 4 is 25.8 Å². The number of carbonyl (C=O) groups is 1. The highest BCUT2D eigenvalue weighted by atomic mass is 32.2. The summed E-state index contributed by atoms with van der Waals surface area (Å²) in [5.74, 6) is -0.0346. The molecule has 0 aliphatic carbocycles. The molecule has 0 atom stereocenters. The fourth-order valence-corrected chi connectivity index (χ4v) is 4.83. The van der Waals surface area contributed by atoms with E-state index in [1.807, 2.05) is 0 Å². The van der Waals surface area contributed by atoms with E-state index in [0.29, 0.717) is 25.9 Å². The molecule has 0 saturated carbocycles. The van der Waals surface area contributed by atoms with Crippen molar-refractivity contribution in [3.8, 4) is 0 Å². The van der Waals surface area contributed by atoms with Crippen LogP contribution in [0.1, 0.15) is 19.8 Å². The van der Waals surface area contributed by atoms with Gasteiger partial charge in [-0.15, -0.1) is 0 Å². The molecule has 24 heavy (non-hydrogen) atoms. The first-order chi connectivity index (χ1) is 11.0. The summed E-state index contributed by atoms with van der Waals surface area (Å²) in [6.07, 6.45) is 2.24. The molecular weight excluding hydrogens is 352 g/mol. The molecule has 2 rings (SSSR count). The van der Waals surface area contributed by atoms with Gasteiger partial charge in [0.2, 0.25) is 15.9 Å². The van der Waals surface area contributed by atoms with Gasteiger partial charge in [0.05, 0.1) is 9.79 Å². The van der Waals surface area contributed by atoms with Crippen molar-refractivity contribution in [1.82, 2.24) is 9.21 Å². The number of hydrogen-bond acceptors (Lipinski definition) is 5. The van der Waals surface area contributed by atoms with Crippen LogP contribution in [0.2, 0.25) is 0 Å². The van der Waals surface area contributed by atoms with Crippen molar-refractivity contribution in [2.24, 2.45) is 0 Å². The zero-order chi connectivity index (χ0) is 18.1. The fourth-order valence-electron chi connectivity index (χ4n) is 2.73. The fraction of sp³-hybridized carbons (Fsp3) is 0.533. The molecule has 1 aromatic rings. The van der Waals surface area contributed by atoms with Gasteiger partial charge < -0.3 is 4.90 Å². The maximum absolute atomic E-state index is 12.7. The van der Waals surface area contributed by atoms with E-state index in [-0.39, 0.29) is 21.7 Å². The van der Waals surface area contributed by atoms with E-state index < -0.39 is 19.9 Å². The largest absolute Gasteiger partial charge is 0.343 e. The SMILES string of the molecule is CC(=O)N(C)C1CCN(S(=O)(=O)c2ccc(S(C)(=O)=O)cc2)CC1. The Morgan fingerprint density at radius 3 is 1.92 bits per heavy atom. The lowest BCUT2D eigenvalue weighted by Crippen LogP contribution is -2.46. The first-order valence-corrected chi connectivity index (χ1v) is 10.9. The number of benzene rings is 1. The maximum atomic E-state index is 12.7. The summed E-state index contributed by atoms with van der Waals surface area (Å²) in [6.45, 7) is 2.16. The molecule has 1 saturated heterocycles. The molecule has 1 aromatic carbocycles. The van der Waals surface area contributed by atoms with Crippen LogP contribution >= 0.6 is 0 Å². The Balaban J connectivity index is 2.13. The second-order valence-electron chi connectivity index (χ2n) is 6.01. The number of piperidine rings is 1. The lowest BCUT2D eigenvalue weighted by molar-refractivity contribution is -0.130. The number of nitrogens with zero attached hydrogens (tertiary/aromatic N) is 2. The maximum Gasteiger partial charge on any atom is 0.243 e. The molecule has 1 heterocycles. The summed E-state index contributed by atoms with van der Waals surface area (Å²) in [4.78, 5) is 13.2. The molecular formula is C15H22N2O5S2. The van der Waals surface area contributed by atoms with E-state index in [1.54, 1.807) is 11.9 Å². The Bertz CT molecular complexity index is 808. The van der Waals surface area contributed by atoms with Gasteiger partial charge in [-0.1, -0.05) is 0 Å². The molecule has 9 heteroatoms. The zero-order valence-corrected chi connectivity index (χ0v) is 15.6. The number of carbonyl (C=O) groups excluding carboxylic acids is 1. The van der Waals surface area contributed by atoms with Crippen molar-refractivity contribution in [2.45, 2.75) is 35.6 Å². The van der Waals surface area contributed by atoms with Crippen LogP contribution in [0.5, 0.6) is 0 Å². The number of sulfonamides is 1. The third kappa shape index (κ3) is 3.96. The van der Waals surface area contributed by atoms with Crippen LogP contribution in [0.25, 0.3) is 0 Å². The molecule has 0 bridgehead atoms. The van der Waals surface area contributed by atoms with Gasteiger partial charge in [0.1, 0.15) is 0 Å². The third-order valence-electron chi connectivity index (χ3n) is 4.36. The lowest BCUT2D eigenvalue weighted by Gasteiger charge is -2.35. The summed E-state index contributed by atoms with van der Waals surface area (Å²) in [5.41, 5.74) is 0. The van der Waals surface area contributed by atoms with Crippen LogP contribution in [0.4, 0.5) is 0 Å². The van der Waals surface area contributed by atoms with Crippen molar-refractivity contribution in [3.63, 3.8) is 0 Å². The van der Waals surface area contributed by atoms with Gasteiger partial charge in [-0.2, -0.15) is 4.31 Å². The lowest BCUT2D eigenvalue weighted by atomic mass is 10.1. The minimum Gasteiger partial charge on any atom is -0.343 e. The Morgan fingerprint density at radius 1 is 1.04 bits per heavy atom. The molecule has 7 nitrogen and oxygen atoms in total. The van der Waals surface area contributed by atoms with Crippen molar-refractivity contribution < 1.29 is 21.6 Å². The number of sulfone groups is 1. The van der Waals surface area contributed by atoms with E-state index >= 15 is 0 Å². The van der Waals surface area contributed by atoms with Gasteiger partial charge in [0, 0.05) is 39.4 Å². The van der Waals surface area contributed by atoms with Crippen molar-refractivity contribution in [3.05, 3.63) is 24.3 Å². The molecule has 1 aliphatic rings. The smallest absolute Gasteiger partial charge is 0.243 e. The molecule has 0 aromatic heterocycles. The van der Waals surface area contributed by atoms with E-state index in [4.69, 9.17) is 0 Å². The van der Waals surface area contributed by atoms with Crippen LogP contribution in [0.15, 0.2) is 34.1 Å². The molecule has 1 fully saturated rings. The monoisotopic (exact) mass is 374 g/mol. The zero-order valence-electron chi connectivity index (χ0n) is 14.0.